The Morgan fingerprint density at radius 1 is 1.11 bits per heavy atom. The van der Waals surface area contributed by atoms with E-state index in [1.54, 1.807) is 31.2 Å². The summed E-state index contributed by atoms with van der Waals surface area (Å²) in [5.74, 6) is -0.285. The van der Waals surface area contributed by atoms with E-state index >= 15 is 0 Å². The van der Waals surface area contributed by atoms with E-state index in [0.29, 0.717) is 17.9 Å². The molecule has 1 N–H and O–H groups in total. The number of sulfonamides is 1. The Labute approximate surface area is 211 Å². The number of amides is 2. The van der Waals surface area contributed by atoms with E-state index in [-0.39, 0.29) is 29.7 Å². The van der Waals surface area contributed by atoms with Crippen molar-refractivity contribution in [1.29, 1.82) is 0 Å². The number of hydrogen-bond donors (Lipinski definition) is 1. The van der Waals surface area contributed by atoms with E-state index in [9.17, 15) is 28.1 Å². The molecule has 196 valence electrons. The molecular formula is C24H32N4O7S. The summed E-state index contributed by atoms with van der Waals surface area (Å²) in [7, 11) is -2.49. The molecule has 1 atom stereocenters. The Hall–Kier alpha value is -3.67. The lowest BCUT2D eigenvalue weighted by Gasteiger charge is -2.31. The predicted octanol–water partition coefficient (Wildman–Crippen LogP) is 2.56. The van der Waals surface area contributed by atoms with Crippen LogP contribution in [0.15, 0.2) is 48.5 Å². The molecule has 0 aliphatic rings. The fourth-order valence-corrected chi connectivity index (χ4v) is 4.22. The molecule has 0 radical (unpaired) electrons. The maximum atomic E-state index is 13.5. The lowest BCUT2D eigenvalue weighted by molar-refractivity contribution is -0.384. The van der Waals surface area contributed by atoms with Crippen LogP contribution < -0.4 is 14.4 Å². The van der Waals surface area contributed by atoms with Gasteiger partial charge < -0.3 is 15.0 Å². The zero-order valence-electron chi connectivity index (χ0n) is 21.0. The molecule has 12 heteroatoms. The monoisotopic (exact) mass is 520 g/mol. The highest BCUT2D eigenvalue weighted by molar-refractivity contribution is 7.92. The average Bonchev–Trinajstić information content (AvgIpc) is 2.83. The van der Waals surface area contributed by atoms with Crippen molar-refractivity contribution in [3.05, 3.63) is 64.2 Å². The van der Waals surface area contributed by atoms with Crippen LogP contribution in [0, 0.1) is 16.0 Å². The summed E-state index contributed by atoms with van der Waals surface area (Å²) in [6, 6.07) is 11.0. The molecule has 2 aromatic rings. The molecule has 2 amide bonds. The number of hydrogen-bond acceptors (Lipinski definition) is 7. The minimum absolute atomic E-state index is 0.0127. The molecule has 2 aromatic carbocycles. The van der Waals surface area contributed by atoms with Gasteiger partial charge in [-0.3, -0.25) is 24.0 Å². The number of carbonyl (C=O) groups is 2. The number of benzene rings is 2. The van der Waals surface area contributed by atoms with Crippen molar-refractivity contribution in [2.75, 3.05) is 30.8 Å². The second kappa shape index (κ2) is 12.3. The molecule has 0 fully saturated rings. The van der Waals surface area contributed by atoms with Gasteiger partial charge >= 0.3 is 0 Å². The molecule has 1 unspecified atom stereocenters. The van der Waals surface area contributed by atoms with Crippen LogP contribution in [0.1, 0.15) is 26.3 Å². The highest BCUT2D eigenvalue weighted by Gasteiger charge is 2.30. The molecule has 2 rings (SSSR count). The van der Waals surface area contributed by atoms with E-state index in [4.69, 9.17) is 4.74 Å². The van der Waals surface area contributed by atoms with Crippen LogP contribution >= 0.6 is 0 Å². The number of carbonyl (C=O) groups excluding carboxylic acids is 2. The van der Waals surface area contributed by atoms with Gasteiger partial charge in [-0.1, -0.05) is 32.0 Å². The second-order valence-corrected chi connectivity index (χ2v) is 10.6. The topological polar surface area (TPSA) is 139 Å². The Kier molecular flexibility index (Phi) is 9.79. The molecule has 11 nitrogen and oxygen atoms in total. The smallest absolute Gasteiger partial charge is 0.271 e. The first kappa shape index (κ1) is 28.6. The van der Waals surface area contributed by atoms with Gasteiger partial charge in [0.2, 0.25) is 21.8 Å². The highest BCUT2D eigenvalue weighted by atomic mass is 32.2. The highest BCUT2D eigenvalue weighted by Crippen LogP contribution is 2.24. The fourth-order valence-electron chi connectivity index (χ4n) is 3.38. The molecule has 0 spiro atoms. The number of methoxy groups -OCH3 is 1. The first-order chi connectivity index (χ1) is 16.8. The van der Waals surface area contributed by atoms with Gasteiger partial charge in [0, 0.05) is 25.2 Å². The summed E-state index contributed by atoms with van der Waals surface area (Å²) in [6.07, 6.45) is 0.907. The third-order valence-corrected chi connectivity index (χ3v) is 6.49. The molecule has 0 heterocycles. The van der Waals surface area contributed by atoms with Crippen molar-refractivity contribution in [2.24, 2.45) is 5.92 Å². The number of anilines is 1. The van der Waals surface area contributed by atoms with Gasteiger partial charge in [0.05, 0.1) is 24.0 Å². The molecule has 36 heavy (non-hydrogen) atoms. The molecule has 0 aliphatic heterocycles. The summed E-state index contributed by atoms with van der Waals surface area (Å²) in [6.45, 7) is 5.21. The molecule has 0 aromatic heterocycles. The summed E-state index contributed by atoms with van der Waals surface area (Å²) in [4.78, 5) is 38.2. The quantitative estimate of drug-likeness (QED) is 0.335. The maximum Gasteiger partial charge on any atom is 0.271 e. The first-order valence-corrected chi connectivity index (χ1v) is 13.1. The number of ether oxygens (including phenoxy) is 1. The number of nitrogens with zero attached hydrogens (tertiary/aromatic N) is 3. The fraction of sp³-hybridized carbons (Fsp3) is 0.417. The Bertz CT molecular complexity index is 1200. The van der Waals surface area contributed by atoms with Crippen LogP contribution in [0.4, 0.5) is 11.4 Å². The van der Waals surface area contributed by atoms with Gasteiger partial charge in [-0.05, 0) is 36.6 Å². The summed E-state index contributed by atoms with van der Waals surface area (Å²) < 4.78 is 31.2. The van der Waals surface area contributed by atoms with Gasteiger partial charge in [-0.15, -0.1) is 0 Å². The summed E-state index contributed by atoms with van der Waals surface area (Å²) in [5, 5.41) is 14.0. The number of nitro groups is 1. The van der Waals surface area contributed by atoms with E-state index in [0.717, 1.165) is 16.6 Å². The van der Waals surface area contributed by atoms with E-state index in [2.05, 4.69) is 5.32 Å². The SMILES string of the molecule is COc1cccc(CN(C(=O)CN(c2cccc([N+](=O)[O-])c2)S(C)(=O)=O)C(C)C(=O)NCC(C)C)c1. The number of non-ortho nitro benzene ring substituents is 1. The number of nitrogens with one attached hydrogen (secondary N) is 1. The van der Waals surface area contributed by atoms with Gasteiger partial charge in [-0.25, -0.2) is 8.42 Å². The maximum absolute atomic E-state index is 13.5. The summed E-state index contributed by atoms with van der Waals surface area (Å²) in [5.41, 5.74) is 0.328. The normalized spacial score (nSPS) is 12.1. The zero-order valence-corrected chi connectivity index (χ0v) is 21.8. The first-order valence-electron chi connectivity index (χ1n) is 11.3. The van der Waals surface area contributed by atoms with Crippen LogP contribution in [-0.2, 0) is 26.2 Å². The third kappa shape index (κ3) is 7.94. The van der Waals surface area contributed by atoms with Crippen molar-refractivity contribution in [1.82, 2.24) is 10.2 Å². The molecular weight excluding hydrogens is 488 g/mol. The van der Waals surface area contributed by atoms with Crippen molar-refractivity contribution in [2.45, 2.75) is 33.4 Å². The Balaban J connectivity index is 2.42. The lowest BCUT2D eigenvalue weighted by atomic mass is 10.1. The molecule has 0 saturated heterocycles. The number of nitro benzene ring substituents is 1. The van der Waals surface area contributed by atoms with Crippen molar-refractivity contribution in [3.63, 3.8) is 0 Å². The van der Waals surface area contributed by atoms with Gasteiger partial charge in [0.15, 0.2) is 0 Å². The zero-order chi connectivity index (χ0) is 27.0. The summed E-state index contributed by atoms with van der Waals surface area (Å²) >= 11 is 0. The second-order valence-electron chi connectivity index (χ2n) is 8.73. The van der Waals surface area contributed by atoms with Gasteiger partial charge in [0.25, 0.3) is 5.69 Å². The average molecular weight is 521 g/mol. The van der Waals surface area contributed by atoms with Crippen LogP contribution in [0.25, 0.3) is 0 Å². The van der Waals surface area contributed by atoms with E-state index < -0.39 is 33.4 Å². The van der Waals surface area contributed by atoms with Crippen LogP contribution in [-0.4, -0.2) is 62.6 Å². The van der Waals surface area contributed by atoms with Crippen molar-refractivity contribution < 1.29 is 27.7 Å². The largest absolute Gasteiger partial charge is 0.497 e. The Morgan fingerprint density at radius 2 is 1.78 bits per heavy atom. The third-order valence-electron chi connectivity index (χ3n) is 5.35. The minimum atomic E-state index is -4.00. The standard InChI is InChI=1S/C24H32N4O7S/c1-17(2)14-25-24(30)18(3)26(15-19-8-6-11-22(12-19)35-4)23(29)16-27(36(5,33)34)20-9-7-10-21(13-20)28(31)32/h6-13,17-18H,14-16H2,1-5H3,(H,25,30). The van der Waals surface area contributed by atoms with Gasteiger partial charge in [0.1, 0.15) is 18.3 Å². The van der Waals surface area contributed by atoms with E-state index in [1.165, 1.54) is 30.2 Å². The van der Waals surface area contributed by atoms with E-state index in [1.807, 2.05) is 13.8 Å². The molecule has 0 saturated carbocycles. The van der Waals surface area contributed by atoms with Crippen molar-refractivity contribution >= 4 is 33.2 Å². The predicted molar refractivity (Wildman–Crippen MR) is 136 cm³/mol. The van der Waals surface area contributed by atoms with Crippen molar-refractivity contribution in [3.8, 4) is 5.75 Å². The number of rotatable bonds is 12. The van der Waals surface area contributed by atoms with Gasteiger partial charge in [-0.2, -0.15) is 0 Å². The van der Waals surface area contributed by atoms with Crippen LogP contribution in [0.3, 0.4) is 0 Å². The molecule has 0 aliphatic carbocycles. The minimum Gasteiger partial charge on any atom is -0.497 e. The van der Waals surface area contributed by atoms with Crippen LogP contribution in [0.2, 0.25) is 0 Å². The lowest BCUT2D eigenvalue weighted by Crippen LogP contribution is -2.51. The molecule has 0 bridgehead atoms. The Morgan fingerprint density at radius 3 is 2.36 bits per heavy atom. The van der Waals surface area contributed by atoms with Crippen LogP contribution in [0.5, 0.6) is 5.75 Å².